The van der Waals surface area contributed by atoms with E-state index in [4.69, 9.17) is 0 Å². The average Bonchev–Trinajstić information content (AvgIpc) is 2.50. The third kappa shape index (κ3) is 4.28. The fourth-order valence-electron chi connectivity index (χ4n) is 1.68. The summed E-state index contributed by atoms with van der Waals surface area (Å²) in [5, 5.41) is 11.8. The molecule has 7 nitrogen and oxygen atoms in total. The number of carbonyl (C=O) groups is 3. The van der Waals surface area contributed by atoms with Crippen LogP contribution in [0.4, 0.5) is 10.1 Å². The van der Waals surface area contributed by atoms with E-state index in [1.165, 1.54) is 6.92 Å². The van der Waals surface area contributed by atoms with E-state index in [9.17, 15) is 23.9 Å². The minimum absolute atomic E-state index is 0.0636. The summed E-state index contributed by atoms with van der Waals surface area (Å²) >= 11 is 2.85. The number of halogens is 2. The Bertz CT molecular complexity index is 701. The van der Waals surface area contributed by atoms with E-state index >= 15 is 0 Å². The molecule has 0 radical (unpaired) electrons. The molecule has 0 aliphatic rings. The zero-order valence-electron chi connectivity index (χ0n) is 12.4. The van der Waals surface area contributed by atoms with Gasteiger partial charge in [-0.1, -0.05) is 0 Å². The highest BCUT2D eigenvalue weighted by molar-refractivity contribution is 9.10. The zero-order chi connectivity index (χ0) is 17.7. The molecule has 0 bridgehead atoms. The molecule has 0 amide bonds. The highest BCUT2D eigenvalue weighted by Gasteiger charge is 2.23. The van der Waals surface area contributed by atoms with E-state index in [0.29, 0.717) is 0 Å². The quantitative estimate of drug-likeness (QED) is 0.587. The number of anilines is 1. The van der Waals surface area contributed by atoms with Crippen LogP contribution in [0.2, 0.25) is 0 Å². The van der Waals surface area contributed by atoms with Crippen molar-refractivity contribution in [2.24, 2.45) is 0 Å². The molecule has 1 aromatic carbocycles. The third-order valence-corrected chi connectivity index (χ3v) is 3.53. The summed E-state index contributed by atoms with van der Waals surface area (Å²) in [6, 6.07) is 1.08. The molecule has 0 aliphatic heterocycles. The highest BCUT2D eigenvalue weighted by atomic mass is 79.9. The smallest absolute Gasteiger partial charge is 0.354 e. The second-order valence-corrected chi connectivity index (χ2v) is 5.04. The predicted molar refractivity (Wildman–Crippen MR) is 81.5 cm³/mol. The van der Waals surface area contributed by atoms with Crippen LogP contribution >= 0.6 is 15.9 Å². The van der Waals surface area contributed by atoms with Crippen LogP contribution < -0.4 is 5.32 Å². The van der Waals surface area contributed by atoms with Gasteiger partial charge in [0.25, 0.3) is 0 Å². The second-order valence-electron chi connectivity index (χ2n) is 4.24. The standard InChI is InChI=1S/C14H13BrFNO6/c1-6-4-7(16)11(15)10(13(19)20)12(6)17-8(14(21)23-3)5-9(18)22-2/h4-5,17H,1-3H3,(H,19,20)/b8-5+. The number of nitrogens with one attached hydrogen (secondary N) is 1. The first-order chi connectivity index (χ1) is 10.7. The Labute approximate surface area is 139 Å². The minimum Gasteiger partial charge on any atom is -0.478 e. The lowest BCUT2D eigenvalue weighted by Crippen LogP contribution is -2.18. The number of aromatic carboxylic acids is 1. The number of benzene rings is 1. The average molecular weight is 390 g/mol. The highest BCUT2D eigenvalue weighted by Crippen LogP contribution is 2.32. The Morgan fingerprint density at radius 3 is 2.39 bits per heavy atom. The van der Waals surface area contributed by atoms with Gasteiger partial charge in [0, 0.05) is 0 Å². The molecule has 0 aromatic heterocycles. The van der Waals surface area contributed by atoms with Crippen molar-refractivity contribution < 1.29 is 33.4 Å². The summed E-state index contributed by atoms with van der Waals surface area (Å²) in [6.45, 7) is 1.44. The largest absolute Gasteiger partial charge is 0.478 e. The van der Waals surface area contributed by atoms with Crippen LogP contribution in [0.25, 0.3) is 0 Å². The molecule has 0 fully saturated rings. The van der Waals surface area contributed by atoms with Crippen LogP contribution in [0, 0.1) is 12.7 Å². The second kappa shape index (κ2) is 7.73. The first-order valence-corrected chi connectivity index (χ1v) is 6.89. The molecule has 0 saturated carbocycles. The Kier molecular flexibility index (Phi) is 6.26. The molecule has 1 aromatic rings. The SMILES string of the molecule is COC(=O)/C=C(/Nc1c(C)cc(F)c(Br)c1C(=O)O)C(=O)OC. The lowest BCUT2D eigenvalue weighted by molar-refractivity contribution is -0.138. The molecule has 0 heterocycles. The molecule has 0 spiro atoms. The number of esters is 2. The summed E-state index contributed by atoms with van der Waals surface area (Å²) in [6.07, 6.45) is 0.800. The number of carbonyl (C=O) groups excluding carboxylic acids is 2. The van der Waals surface area contributed by atoms with Crippen molar-refractivity contribution in [2.45, 2.75) is 6.92 Å². The summed E-state index contributed by atoms with van der Waals surface area (Å²) in [5.41, 5.74) is -0.639. The van der Waals surface area contributed by atoms with Gasteiger partial charge in [-0.15, -0.1) is 0 Å². The van der Waals surface area contributed by atoms with Gasteiger partial charge in [0.2, 0.25) is 0 Å². The van der Waals surface area contributed by atoms with Crippen LogP contribution in [0.1, 0.15) is 15.9 Å². The van der Waals surface area contributed by atoms with Crippen LogP contribution in [0.5, 0.6) is 0 Å². The number of carboxylic acids is 1. The molecule has 124 valence electrons. The lowest BCUT2D eigenvalue weighted by Gasteiger charge is -2.15. The van der Waals surface area contributed by atoms with Crippen molar-refractivity contribution in [1.29, 1.82) is 0 Å². The first kappa shape index (κ1) is 18.6. The van der Waals surface area contributed by atoms with Crippen molar-refractivity contribution in [3.8, 4) is 0 Å². The Morgan fingerprint density at radius 2 is 1.91 bits per heavy atom. The monoisotopic (exact) mass is 389 g/mol. The van der Waals surface area contributed by atoms with Crippen LogP contribution in [0.3, 0.4) is 0 Å². The third-order valence-electron chi connectivity index (χ3n) is 2.76. The van der Waals surface area contributed by atoms with E-state index in [1.807, 2.05) is 0 Å². The van der Waals surface area contributed by atoms with Gasteiger partial charge < -0.3 is 19.9 Å². The molecule has 0 unspecified atom stereocenters. The number of rotatable bonds is 5. The van der Waals surface area contributed by atoms with Gasteiger partial charge in [-0.25, -0.2) is 18.8 Å². The number of ether oxygens (including phenoxy) is 2. The molecule has 9 heteroatoms. The van der Waals surface area contributed by atoms with Crippen LogP contribution in [-0.2, 0) is 19.1 Å². The summed E-state index contributed by atoms with van der Waals surface area (Å²) < 4.78 is 22.3. The lowest BCUT2D eigenvalue weighted by atomic mass is 10.1. The zero-order valence-corrected chi connectivity index (χ0v) is 14.0. The van der Waals surface area contributed by atoms with E-state index in [1.54, 1.807) is 0 Å². The fourth-order valence-corrected chi connectivity index (χ4v) is 2.16. The van der Waals surface area contributed by atoms with Gasteiger partial charge >= 0.3 is 17.9 Å². The first-order valence-electron chi connectivity index (χ1n) is 6.09. The maximum Gasteiger partial charge on any atom is 0.354 e. The molecule has 0 atom stereocenters. The summed E-state index contributed by atoms with van der Waals surface area (Å²) in [7, 11) is 2.19. The number of hydrogen-bond donors (Lipinski definition) is 2. The van der Waals surface area contributed by atoms with E-state index in [-0.39, 0.29) is 21.4 Å². The summed E-state index contributed by atoms with van der Waals surface area (Å²) in [4.78, 5) is 34.4. The molecular weight excluding hydrogens is 377 g/mol. The Balaban J connectivity index is 3.48. The number of aryl methyl sites for hydroxylation is 1. The maximum atomic E-state index is 13.7. The molecule has 0 saturated heterocycles. The Morgan fingerprint density at radius 1 is 1.30 bits per heavy atom. The summed E-state index contributed by atoms with van der Waals surface area (Å²) in [5.74, 6) is -3.98. The normalized spacial score (nSPS) is 10.9. The van der Waals surface area contributed by atoms with Crippen molar-refractivity contribution in [3.63, 3.8) is 0 Å². The van der Waals surface area contributed by atoms with Gasteiger partial charge in [-0.05, 0) is 34.5 Å². The molecule has 1 rings (SSSR count). The molecule has 2 N–H and O–H groups in total. The Hall–Kier alpha value is -2.42. The van der Waals surface area contributed by atoms with Gasteiger partial charge in [-0.2, -0.15) is 0 Å². The van der Waals surface area contributed by atoms with Crippen molar-refractivity contribution in [2.75, 3.05) is 19.5 Å². The van der Waals surface area contributed by atoms with Crippen LogP contribution in [-0.4, -0.2) is 37.2 Å². The number of hydrogen-bond acceptors (Lipinski definition) is 6. The van der Waals surface area contributed by atoms with Crippen molar-refractivity contribution >= 4 is 39.5 Å². The van der Waals surface area contributed by atoms with Gasteiger partial charge in [0.15, 0.2) is 0 Å². The molecular formula is C14H13BrFNO6. The van der Waals surface area contributed by atoms with Crippen molar-refractivity contribution in [1.82, 2.24) is 0 Å². The van der Waals surface area contributed by atoms with E-state index < -0.39 is 29.3 Å². The van der Waals surface area contributed by atoms with Gasteiger partial charge in [0.05, 0.1) is 30.5 Å². The van der Waals surface area contributed by atoms with Crippen molar-refractivity contribution in [3.05, 3.63) is 39.3 Å². The number of methoxy groups -OCH3 is 2. The maximum absolute atomic E-state index is 13.7. The number of carboxylic acid groups (broad SMARTS) is 1. The van der Waals surface area contributed by atoms with E-state index in [2.05, 4.69) is 30.7 Å². The van der Waals surface area contributed by atoms with Crippen LogP contribution in [0.15, 0.2) is 22.3 Å². The fraction of sp³-hybridized carbons (Fsp3) is 0.214. The molecule has 0 aliphatic carbocycles. The van der Waals surface area contributed by atoms with Gasteiger partial charge in [-0.3, -0.25) is 0 Å². The predicted octanol–water partition coefficient (Wildman–Crippen LogP) is 2.24. The van der Waals surface area contributed by atoms with Gasteiger partial charge in [0.1, 0.15) is 17.1 Å². The molecule has 23 heavy (non-hydrogen) atoms. The van der Waals surface area contributed by atoms with E-state index in [0.717, 1.165) is 26.4 Å². The topological polar surface area (TPSA) is 102 Å². The minimum atomic E-state index is -1.43.